The quantitative estimate of drug-likeness (QED) is 0.741. The number of ether oxygens (including phenoxy) is 1. The van der Waals surface area contributed by atoms with Crippen LogP contribution in [-0.4, -0.2) is 36.1 Å². The van der Waals surface area contributed by atoms with Gasteiger partial charge in [0.2, 0.25) is 0 Å². The molecule has 16 heavy (non-hydrogen) atoms. The number of anilines is 1. The monoisotopic (exact) mass is 240 g/mol. The number of carbonyl (C=O) groups excluding carboxylic acids is 1. The Kier molecular flexibility index (Phi) is 3.25. The second-order valence-electron chi connectivity index (χ2n) is 4.21. The van der Waals surface area contributed by atoms with Gasteiger partial charge in [0, 0.05) is 13.5 Å². The molecule has 0 amide bonds. The van der Waals surface area contributed by atoms with Crippen molar-refractivity contribution in [1.29, 1.82) is 0 Å². The minimum Gasteiger partial charge on any atom is -0.375 e. The van der Waals surface area contributed by atoms with Gasteiger partial charge < -0.3 is 9.64 Å². The smallest absolute Gasteiger partial charge is 0.186 e. The van der Waals surface area contributed by atoms with Crippen LogP contribution in [0.3, 0.4) is 0 Å². The minimum atomic E-state index is 0.0812. The van der Waals surface area contributed by atoms with Gasteiger partial charge in [0.15, 0.2) is 10.9 Å². The van der Waals surface area contributed by atoms with Crippen molar-refractivity contribution >= 4 is 22.3 Å². The Balaban J connectivity index is 2.18. The van der Waals surface area contributed by atoms with Crippen LogP contribution in [0.25, 0.3) is 0 Å². The lowest BCUT2D eigenvalue weighted by molar-refractivity contribution is 0.0343. The zero-order chi connectivity index (χ0) is 11.7. The summed E-state index contributed by atoms with van der Waals surface area (Å²) in [6.07, 6.45) is 1.88. The molecule has 4 nitrogen and oxygen atoms in total. The number of morpholine rings is 1. The number of rotatable bonds is 2. The van der Waals surface area contributed by atoms with Crippen molar-refractivity contribution in [2.75, 3.05) is 18.1 Å². The SMILES string of the molecule is CC(=O)c1cnc(N2CC(C)OCC2C)s1. The largest absolute Gasteiger partial charge is 0.375 e. The first kappa shape index (κ1) is 11.5. The molecule has 1 aliphatic heterocycles. The van der Waals surface area contributed by atoms with Crippen LogP contribution >= 0.6 is 11.3 Å². The van der Waals surface area contributed by atoms with E-state index in [9.17, 15) is 4.79 Å². The normalized spacial score (nSPS) is 25.8. The number of hydrogen-bond donors (Lipinski definition) is 0. The van der Waals surface area contributed by atoms with Crippen LogP contribution in [0.5, 0.6) is 0 Å². The number of nitrogens with zero attached hydrogens (tertiary/aromatic N) is 2. The Hall–Kier alpha value is -0.940. The van der Waals surface area contributed by atoms with Crippen LogP contribution in [0, 0.1) is 0 Å². The van der Waals surface area contributed by atoms with Crippen molar-refractivity contribution in [2.45, 2.75) is 32.9 Å². The number of ketones is 1. The van der Waals surface area contributed by atoms with Crippen LogP contribution in [-0.2, 0) is 4.74 Å². The molecule has 88 valence electrons. The topological polar surface area (TPSA) is 42.4 Å². The van der Waals surface area contributed by atoms with Crippen LogP contribution < -0.4 is 4.90 Å². The molecule has 1 aromatic heterocycles. The van der Waals surface area contributed by atoms with Gasteiger partial charge in [-0.1, -0.05) is 11.3 Å². The van der Waals surface area contributed by atoms with E-state index >= 15 is 0 Å². The lowest BCUT2D eigenvalue weighted by Gasteiger charge is -2.36. The highest BCUT2D eigenvalue weighted by Gasteiger charge is 2.25. The third kappa shape index (κ3) is 2.25. The van der Waals surface area contributed by atoms with E-state index < -0.39 is 0 Å². The van der Waals surface area contributed by atoms with Gasteiger partial charge in [0.05, 0.1) is 29.8 Å². The summed E-state index contributed by atoms with van der Waals surface area (Å²) in [5.74, 6) is 0.0812. The third-order valence-electron chi connectivity index (χ3n) is 2.69. The first-order valence-electron chi connectivity index (χ1n) is 5.43. The summed E-state index contributed by atoms with van der Waals surface area (Å²) >= 11 is 1.46. The minimum absolute atomic E-state index is 0.0812. The average Bonchev–Trinajstić information content (AvgIpc) is 2.70. The molecule has 0 aliphatic carbocycles. The fourth-order valence-corrected chi connectivity index (χ4v) is 2.65. The van der Waals surface area contributed by atoms with Crippen LogP contribution in [0.2, 0.25) is 0 Å². The van der Waals surface area contributed by atoms with Gasteiger partial charge >= 0.3 is 0 Å². The van der Waals surface area contributed by atoms with E-state index in [0.717, 1.165) is 23.2 Å². The molecule has 0 aromatic carbocycles. The Morgan fingerprint density at radius 3 is 3.00 bits per heavy atom. The van der Waals surface area contributed by atoms with Crippen LogP contribution in [0.15, 0.2) is 6.20 Å². The summed E-state index contributed by atoms with van der Waals surface area (Å²) < 4.78 is 5.56. The molecule has 5 heteroatoms. The molecule has 2 atom stereocenters. The first-order chi connectivity index (χ1) is 7.58. The fraction of sp³-hybridized carbons (Fsp3) is 0.636. The van der Waals surface area contributed by atoms with E-state index in [4.69, 9.17) is 4.74 Å². The zero-order valence-electron chi connectivity index (χ0n) is 9.77. The number of Topliss-reactive ketones (excluding diaryl/α,β-unsaturated/α-hetero) is 1. The Bertz CT molecular complexity index is 391. The van der Waals surface area contributed by atoms with E-state index in [2.05, 4.69) is 23.7 Å². The van der Waals surface area contributed by atoms with Crippen molar-refractivity contribution < 1.29 is 9.53 Å². The van der Waals surface area contributed by atoms with E-state index in [1.54, 1.807) is 13.1 Å². The molecule has 0 bridgehead atoms. The fourth-order valence-electron chi connectivity index (χ4n) is 1.73. The first-order valence-corrected chi connectivity index (χ1v) is 6.24. The maximum Gasteiger partial charge on any atom is 0.186 e. The van der Waals surface area contributed by atoms with Gasteiger partial charge in [-0.25, -0.2) is 4.98 Å². The summed E-state index contributed by atoms with van der Waals surface area (Å²) in [5, 5.41) is 0.924. The molecule has 1 saturated heterocycles. The molecule has 0 spiro atoms. The second kappa shape index (κ2) is 4.51. The molecular formula is C11H16N2O2S. The maximum absolute atomic E-state index is 11.2. The van der Waals surface area contributed by atoms with Gasteiger partial charge in [-0.3, -0.25) is 4.79 Å². The maximum atomic E-state index is 11.2. The molecular weight excluding hydrogens is 224 g/mol. The lowest BCUT2D eigenvalue weighted by atomic mass is 10.2. The zero-order valence-corrected chi connectivity index (χ0v) is 10.6. The van der Waals surface area contributed by atoms with E-state index in [1.807, 2.05) is 0 Å². The molecule has 2 heterocycles. The molecule has 1 fully saturated rings. The summed E-state index contributed by atoms with van der Waals surface area (Å²) in [6, 6.07) is 0.321. The van der Waals surface area contributed by atoms with Gasteiger partial charge in [-0.2, -0.15) is 0 Å². The number of thiazole rings is 1. The van der Waals surface area contributed by atoms with Crippen molar-refractivity contribution in [2.24, 2.45) is 0 Å². The highest BCUT2D eigenvalue weighted by Crippen LogP contribution is 2.27. The van der Waals surface area contributed by atoms with E-state index in [1.165, 1.54) is 11.3 Å². The summed E-state index contributed by atoms with van der Waals surface area (Å²) in [5.41, 5.74) is 0. The molecule has 0 saturated carbocycles. The predicted octanol–water partition coefficient (Wildman–Crippen LogP) is 1.96. The Morgan fingerprint density at radius 1 is 1.62 bits per heavy atom. The molecule has 0 radical (unpaired) electrons. The summed E-state index contributed by atoms with van der Waals surface area (Å²) in [7, 11) is 0. The van der Waals surface area contributed by atoms with Gasteiger partial charge in [-0.05, 0) is 13.8 Å². The number of aromatic nitrogens is 1. The van der Waals surface area contributed by atoms with Gasteiger partial charge in [0.25, 0.3) is 0 Å². The molecule has 0 N–H and O–H groups in total. The van der Waals surface area contributed by atoms with Gasteiger partial charge in [0.1, 0.15) is 0 Å². The molecule has 2 unspecified atom stereocenters. The molecule has 2 rings (SSSR count). The number of hydrogen-bond acceptors (Lipinski definition) is 5. The van der Waals surface area contributed by atoms with Gasteiger partial charge in [-0.15, -0.1) is 0 Å². The van der Waals surface area contributed by atoms with E-state index in [-0.39, 0.29) is 11.9 Å². The lowest BCUT2D eigenvalue weighted by Crippen LogP contribution is -2.47. The molecule has 1 aliphatic rings. The summed E-state index contributed by atoms with van der Waals surface area (Å²) in [6.45, 7) is 7.30. The molecule has 1 aromatic rings. The third-order valence-corrected chi connectivity index (χ3v) is 3.83. The van der Waals surface area contributed by atoms with Crippen molar-refractivity contribution in [3.05, 3.63) is 11.1 Å². The standard InChI is InChI=1S/C11H16N2O2S/c1-7-6-15-8(2)5-13(7)11-12-4-10(16-11)9(3)14/h4,7-8H,5-6H2,1-3H3. The Labute approximate surface area is 99.2 Å². The highest BCUT2D eigenvalue weighted by atomic mass is 32.1. The van der Waals surface area contributed by atoms with E-state index in [0.29, 0.717) is 6.04 Å². The van der Waals surface area contributed by atoms with Crippen molar-refractivity contribution in [1.82, 2.24) is 4.98 Å². The highest BCUT2D eigenvalue weighted by molar-refractivity contribution is 7.17. The Morgan fingerprint density at radius 2 is 2.38 bits per heavy atom. The van der Waals surface area contributed by atoms with Crippen LogP contribution in [0.4, 0.5) is 5.13 Å². The number of carbonyl (C=O) groups is 1. The van der Waals surface area contributed by atoms with Crippen molar-refractivity contribution in [3.8, 4) is 0 Å². The van der Waals surface area contributed by atoms with Crippen molar-refractivity contribution in [3.63, 3.8) is 0 Å². The average molecular weight is 240 g/mol. The second-order valence-corrected chi connectivity index (χ2v) is 5.22. The summed E-state index contributed by atoms with van der Waals surface area (Å²) in [4.78, 5) is 18.5. The predicted molar refractivity (Wildman–Crippen MR) is 64.3 cm³/mol. The van der Waals surface area contributed by atoms with Crippen LogP contribution in [0.1, 0.15) is 30.4 Å².